The van der Waals surface area contributed by atoms with Crippen LogP contribution in [0.25, 0.3) is 12.2 Å². The third kappa shape index (κ3) is 1.03. The first kappa shape index (κ1) is 10.4. The fourth-order valence-corrected chi connectivity index (χ4v) is 3.99. The molecule has 0 heterocycles. The van der Waals surface area contributed by atoms with E-state index in [1.807, 2.05) is 0 Å². The Bertz CT molecular complexity index is 629. The van der Waals surface area contributed by atoms with E-state index >= 15 is 0 Å². The minimum Gasteiger partial charge on any atom is -0.0836 e. The minimum atomic E-state index is 0.265. The summed E-state index contributed by atoms with van der Waals surface area (Å²) in [4.78, 5) is 0. The van der Waals surface area contributed by atoms with Crippen LogP contribution < -0.4 is 0 Å². The Hall–Kier alpha value is -1.56. The number of hydrogen-bond donors (Lipinski definition) is 0. The maximum atomic E-state index is 2.44. The lowest BCUT2D eigenvalue weighted by Crippen LogP contribution is -2.51. The zero-order valence-corrected chi connectivity index (χ0v) is 11.0. The standard InChI is InChI=1S/C18H18/c1-17-9-5-8-15-10-13-6-3-4-7-14(13)11-16(12-17)18(15,17)2/h3-8,10-11H,9,12H2,1-2H3. The summed E-state index contributed by atoms with van der Waals surface area (Å²) in [5.41, 5.74) is 6.56. The number of hydrogen-bond acceptors (Lipinski definition) is 0. The van der Waals surface area contributed by atoms with Gasteiger partial charge in [0.2, 0.25) is 0 Å². The van der Waals surface area contributed by atoms with Crippen LogP contribution in [-0.4, -0.2) is 0 Å². The van der Waals surface area contributed by atoms with E-state index in [0.717, 1.165) is 0 Å². The summed E-state index contributed by atoms with van der Waals surface area (Å²) in [5.74, 6) is 0. The smallest absolute Gasteiger partial charge is 0.0197 e. The van der Waals surface area contributed by atoms with Crippen molar-refractivity contribution in [2.45, 2.75) is 26.7 Å². The Labute approximate surface area is 109 Å². The van der Waals surface area contributed by atoms with E-state index in [2.05, 4.69) is 62.4 Å². The first-order valence-corrected chi connectivity index (χ1v) is 6.82. The number of rotatable bonds is 0. The van der Waals surface area contributed by atoms with E-state index in [9.17, 15) is 0 Å². The van der Waals surface area contributed by atoms with Gasteiger partial charge in [0, 0.05) is 5.41 Å². The summed E-state index contributed by atoms with van der Waals surface area (Å²) in [6.07, 6.45) is 12.0. The van der Waals surface area contributed by atoms with Crippen LogP contribution in [0.2, 0.25) is 0 Å². The van der Waals surface area contributed by atoms with Gasteiger partial charge in [-0.3, -0.25) is 0 Å². The van der Waals surface area contributed by atoms with Crippen LogP contribution >= 0.6 is 0 Å². The summed E-state index contributed by atoms with van der Waals surface area (Å²) < 4.78 is 0. The molecule has 0 heteroatoms. The highest BCUT2D eigenvalue weighted by molar-refractivity contribution is 5.77. The third-order valence-electron chi connectivity index (χ3n) is 5.51. The predicted molar refractivity (Wildman–Crippen MR) is 77.0 cm³/mol. The molecule has 4 rings (SSSR count). The summed E-state index contributed by atoms with van der Waals surface area (Å²) >= 11 is 0. The van der Waals surface area contributed by atoms with E-state index < -0.39 is 0 Å². The van der Waals surface area contributed by atoms with Crippen molar-refractivity contribution in [3.63, 3.8) is 0 Å². The average Bonchev–Trinajstić information content (AvgIpc) is 2.48. The number of fused-ring (bicyclic) bond motifs is 1. The highest BCUT2D eigenvalue weighted by Crippen LogP contribution is 2.68. The highest BCUT2D eigenvalue weighted by atomic mass is 14.6. The second-order valence-electron chi connectivity index (χ2n) is 6.37. The van der Waals surface area contributed by atoms with Gasteiger partial charge in [-0.2, -0.15) is 0 Å². The lowest BCUT2D eigenvalue weighted by atomic mass is 9.43. The molecule has 2 atom stereocenters. The molecule has 0 N–H and O–H groups in total. The molecule has 0 nitrogen and oxygen atoms in total. The molecule has 1 aromatic carbocycles. The SMILES string of the molecule is CC12CC=CC3=Cc4ccccc4C=C(C1)C32C. The van der Waals surface area contributed by atoms with Crippen LogP contribution in [-0.2, 0) is 0 Å². The molecule has 3 aliphatic carbocycles. The van der Waals surface area contributed by atoms with Crippen molar-refractivity contribution in [3.8, 4) is 0 Å². The van der Waals surface area contributed by atoms with Crippen LogP contribution in [0.5, 0.6) is 0 Å². The lowest BCUT2D eigenvalue weighted by molar-refractivity contribution is 0.0632. The van der Waals surface area contributed by atoms with Crippen molar-refractivity contribution in [2.75, 3.05) is 0 Å². The Morgan fingerprint density at radius 2 is 1.72 bits per heavy atom. The lowest BCUT2D eigenvalue weighted by Gasteiger charge is -2.60. The van der Waals surface area contributed by atoms with Crippen molar-refractivity contribution in [1.82, 2.24) is 0 Å². The Kier molecular flexibility index (Phi) is 1.76. The molecule has 1 aromatic rings. The normalized spacial score (nSPS) is 35.7. The molecule has 18 heavy (non-hydrogen) atoms. The van der Waals surface area contributed by atoms with E-state index in [0.29, 0.717) is 5.41 Å². The summed E-state index contributed by atoms with van der Waals surface area (Å²) in [6, 6.07) is 8.74. The minimum absolute atomic E-state index is 0.265. The number of benzene rings is 1. The van der Waals surface area contributed by atoms with Gasteiger partial charge in [-0.25, -0.2) is 0 Å². The third-order valence-corrected chi connectivity index (χ3v) is 5.51. The highest BCUT2D eigenvalue weighted by Gasteiger charge is 2.58. The molecular weight excluding hydrogens is 216 g/mol. The van der Waals surface area contributed by atoms with Gasteiger partial charge in [0.1, 0.15) is 0 Å². The first-order chi connectivity index (χ1) is 8.63. The molecular formula is C18H18. The van der Waals surface area contributed by atoms with E-state index in [-0.39, 0.29) is 5.41 Å². The monoisotopic (exact) mass is 234 g/mol. The number of allylic oxidation sites excluding steroid dienone is 4. The van der Waals surface area contributed by atoms with Gasteiger partial charge in [-0.1, -0.05) is 68.0 Å². The molecule has 1 fully saturated rings. The maximum Gasteiger partial charge on any atom is 0.0197 e. The Morgan fingerprint density at radius 1 is 1.00 bits per heavy atom. The molecule has 0 saturated heterocycles. The van der Waals surface area contributed by atoms with Gasteiger partial charge in [0.25, 0.3) is 0 Å². The fourth-order valence-electron chi connectivity index (χ4n) is 3.99. The van der Waals surface area contributed by atoms with Crippen LogP contribution in [0.1, 0.15) is 37.8 Å². The summed E-state index contributed by atoms with van der Waals surface area (Å²) in [5, 5.41) is 0. The van der Waals surface area contributed by atoms with Crippen LogP contribution in [0.4, 0.5) is 0 Å². The molecule has 0 radical (unpaired) electrons. The van der Waals surface area contributed by atoms with Crippen molar-refractivity contribution in [2.24, 2.45) is 10.8 Å². The van der Waals surface area contributed by atoms with Crippen LogP contribution in [0.3, 0.4) is 0 Å². The quantitative estimate of drug-likeness (QED) is 0.602. The van der Waals surface area contributed by atoms with Gasteiger partial charge in [0.15, 0.2) is 0 Å². The van der Waals surface area contributed by atoms with Gasteiger partial charge in [0.05, 0.1) is 0 Å². The second kappa shape index (κ2) is 3.06. The van der Waals surface area contributed by atoms with Crippen LogP contribution in [0.15, 0.2) is 47.6 Å². The van der Waals surface area contributed by atoms with Crippen molar-refractivity contribution in [1.29, 1.82) is 0 Å². The Morgan fingerprint density at radius 3 is 2.50 bits per heavy atom. The van der Waals surface area contributed by atoms with Gasteiger partial charge in [-0.15, -0.1) is 0 Å². The molecule has 90 valence electrons. The van der Waals surface area contributed by atoms with E-state index in [4.69, 9.17) is 0 Å². The van der Waals surface area contributed by atoms with Gasteiger partial charge in [-0.05, 0) is 35.0 Å². The van der Waals surface area contributed by atoms with Crippen molar-refractivity contribution in [3.05, 3.63) is 58.7 Å². The van der Waals surface area contributed by atoms with Crippen LogP contribution in [0, 0.1) is 10.8 Å². The van der Waals surface area contributed by atoms with Crippen molar-refractivity contribution < 1.29 is 0 Å². The molecule has 0 amide bonds. The average molecular weight is 234 g/mol. The molecule has 1 saturated carbocycles. The maximum absolute atomic E-state index is 2.44. The summed E-state index contributed by atoms with van der Waals surface area (Å²) in [6.45, 7) is 4.88. The largest absolute Gasteiger partial charge is 0.0836 e. The van der Waals surface area contributed by atoms with E-state index in [1.54, 1.807) is 5.57 Å². The zero-order valence-electron chi connectivity index (χ0n) is 11.0. The van der Waals surface area contributed by atoms with E-state index in [1.165, 1.54) is 29.5 Å². The molecule has 2 unspecified atom stereocenters. The topological polar surface area (TPSA) is 0 Å². The second-order valence-corrected chi connectivity index (χ2v) is 6.37. The Balaban J connectivity index is 2.03. The molecule has 3 aliphatic rings. The fraction of sp³-hybridized carbons (Fsp3) is 0.333. The van der Waals surface area contributed by atoms with Gasteiger partial charge >= 0.3 is 0 Å². The first-order valence-electron chi connectivity index (χ1n) is 6.82. The molecule has 0 aromatic heterocycles. The predicted octanol–water partition coefficient (Wildman–Crippen LogP) is 4.84. The van der Waals surface area contributed by atoms with Crippen molar-refractivity contribution >= 4 is 12.2 Å². The van der Waals surface area contributed by atoms with Gasteiger partial charge < -0.3 is 0 Å². The molecule has 0 spiro atoms. The summed E-state index contributed by atoms with van der Waals surface area (Å²) in [7, 11) is 0. The zero-order chi connectivity index (χ0) is 12.4. The molecule has 0 bridgehead atoms. The molecule has 0 aliphatic heterocycles.